The van der Waals surface area contributed by atoms with Crippen LogP contribution in [0.25, 0.3) is 0 Å². The van der Waals surface area contributed by atoms with Crippen LogP contribution in [0.5, 0.6) is 5.75 Å². The van der Waals surface area contributed by atoms with Crippen LogP contribution in [0.2, 0.25) is 0 Å². The minimum absolute atomic E-state index is 0.00326. The third-order valence-electron chi connectivity index (χ3n) is 3.06. The van der Waals surface area contributed by atoms with Crippen LogP contribution in [-0.4, -0.2) is 25.0 Å². The number of amides is 1. The summed E-state index contributed by atoms with van der Waals surface area (Å²) in [6, 6.07) is 13.5. The second-order valence-corrected chi connectivity index (χ2v) is 6.71. The van der Waals surface area contributed by atoms with Crippen LogP contribution in [-0.2, 0) is 6.54 Å². The van der Waals surface area contributed by atoms with E-state index in [1.54, 1.807) is 19.1 Å². The number of halogens is 2. The van der Waals surface area contributed by atoms with Gasteiger partial charge in [0.2, 0.25) is 0 Å². The largest absolute Gasteiger partial charge is 0.497 e. The molecule has 0 saturated heterocycles. The molecule has 2 aromatic carbocycles. The van der Waals surface area contributed by atoms with Crippen LogP contribution in [0.3, 0.4) is 0 Å². The fourth-order valence-corrected chi connectivity index (χ4v) is 2.91. The molecule has 0 aliphatic carbocycles. The van der Waals surface area contributed by atoms with Crippen molar-refractivity contribution >= 4 is 44.4 Å². The number of carbonyl (C=O) groups excluding carboxylic acids is 1. The smallest absolute Gasteiger partial charge is 0.255 e. The average molecular weight is 460 g/mol. The second kappa shape index (κ2) is 7.26. The van der Waals surface area contributed by atoms with Gasteiger partial charge in [-0.2, -0.15) is 0 Å². The summed E-state index contributed by atoms with van der Waals surface area (Å²) in [4.78, 5) is 14.3. The predicted molar refractivity (Wildman–Crippen MR) is 95.7 cm³/mol. The molecule has 21 heavy (non-hydrogen) atoms. The molecule has 1 amide bonds. The van der Waals surface area contributed by atoms with Crippen LogP contribution in [0.1, 0.15) is 15.9 Å². The van der Waals surface area contributed by atoms with Crippen LogP contribution in [0.15, 0.2) is 46.9 Å². The van der Waals surface area contributed by atoms with Gasteiger partial charge in [-0.25, -0.2) is 0 Å². The summed E-state index contributed by atoms with van der Waals surface area (Å²) in [6.07, 6.45) is 0. The lowest BCUT2D eigenvalue weighted by atomic mass is 10.1. The standard InChI is InChI=1S/C16H15BrINO2/c1-19(10-11-4-3-5-13(8-11)21-2)16(20)14-9-12(17)6-7-15(14)18/h3-9H,10H2,1-2H3. The Morgan fingerprint density at radius 2 is 2.05 bits per heavy atom. The van der Waals surface area contributed by atoms with Gasteiger partial charge >= 0.3 is 0 Å². The first kappa shape index (κ1) is 16.3. The average Bonchev–Trinajstić information content (AvgIpc) is 2.49. The molecule has 0 N–H and O–H groups in total. The lowest BCUT2D eigenvalue weighted by Crippen LogP contribution is -2.26. The van der Waals surface area contributed by atoms with E-state index in [1.165, 1.54) is 0 Å². The fraction of sp³-hybridized carbons (Fsp3) is 0.188. The number of ether oxygens (including phenoxy) is 1. The summed E-state index contributed by atoms with van der Waals surface area (Å²) in [6.45, 7) is 0.540. The van der Waals surface area contributed by atoms with Gasteiger partial charge in [-0.1, -0.05) is 28.1 Å². The molecule has 0 saturated carbocycles. The molecule has 5 heteroatoms. The van der Waals surface area contributed by atoms with E-state index in [4.69, 9.17) is 4.74 Å². The van der Waals surface area contributed by atoms with Crippen molar-refractivity contribution in [3.8, 4) is 5.75 Å². The van der Waals surface area contributed by atoms with Crippen molar-refractivity contribution < 1.29 is 9.53 Å². The molecule has 0 spiro atoms. The Kier molecular flexibility index (Phi) is 5.64. The molecule has 0 bridgehead atoms. The van der Waals surface area contributed by atoms with E-state index in [1.807, 2.05) is 42.5 Å². The van der Waals surface area contributed by atoms with Gasteiger partial charge in [0.15, 0.2) is 0 Å². The molecule has 2 rings (SSSR count). The summed E-state index contributed by atoms with van der Waals surface area (Å²) in [5.41, 5.74) is 1.74. The molecule has 0 heterocycles. The highest BCUT2D eigenvalue weighted by Gasteiger charge is 2.15. The molecular weight excluding hydrogens is 445 g/mol. The summed E-state index contributed by atoms with van der Waals surface area (Å²) in [5.74, 6) is 0.800. The van der Waals surface area contributed by atoms with Crippen LogP contribution < -0.4 is 4.74 Å². The molecule has 0 aromatic heterocycles. The normalized spacial score (nSPS) is 10.3. The Balaban J connectivity index is 2.17. The maximum Gasteiger partial charge on any atom is 0.255 e. The van der Waals surface area contributed by atoms with Crippen LogP contribution >= 0.6 is 38.5 Å². The van der Waals surface area contributed by atoms with E-state index in [0.717, 1.165) is 19.4 Å². The summed E-state index contributed by atoms with van der Waals surface area (Å²) < 4.78 is 7.05. The number of hydrogen-bond donors (Lipinski definition) is 0. The Labute approximate surface area is 146 Å². The van der Waals surface area contributed by atoms with Crippen molar-refractivity contribution in [2.75, 3.05) is 14.2 Å². The maximum absolute atomic E-state index is 12.5. The van der Waals surface area contributed by atoms with Gasteiger partial charge in [-0.3, -0.25) is 4.79 Å². The number of rotatable bonds is 4. The van der Waals surface area contributed by atoms with Crippen LogP contribution in [0, 0.1) is 3.57 Å². The molecule has 0 radical (unpaired) electrons. The van der Waals surface area contributed by atoms with Gasteiger partial charge in [-0.05, 0) is 58.5 Å². The lowest BCUT2D eigenvalue weighted by Gasteiger charge is -2.18. The molecule has 3 nitrogen and oxygen atoms in total. The zero-order chi connectivity index (χ0) is 15.4. The van der Waals surface area contributed by atoms with Crippen molar-refractivity contribution in [3.05, 3.63) is 61.6 Å². The molecule has 0 aliphatic heterocycles. The number of benzene rings is 2. The van der Waals surface area contributed by atoms with Crippen molar-refractivity contribution in [1.29, 1.82) is 0 Å². The Bertz CT molecular complexity index is 660. The Morgan fingerprint density at radius 1 is 1.29 bits per heavy atom. The number of nitrogens with zero attached hydrogens (tertiary/aromatic N) is 1. The summed E-state index contributed by atoms with van der Waals surface area (Å²) in [7, 11) is 3.44. The third kappa shape index (κ3) is 4.20. The Hall–Kier alpha value is -1.08. The first-order valence-corrected chi connectivity index (χ1v) is 8.22. The molecule has 0 aliphatic rings. The van der Waals surface area contributed by atoms with Crippen molar-refractivity contribution in [2.45, 2.75) is 6.54 Å². The van der Waals surface area contributed by atoms with Gasteiger partial charge in [-0.15, -0.1) is 0 Å². The highest BCUT2D eigenvalue weighted by Crippen LogP contribution is 2.21. The topological polar surface area (TPSA) is 29.5 Å². The molecule has 0 atom stereocenters. The molecule has 110 valence electrons. The highest BCUT2D eigenvalue weighted by molar-refractivity contribution is 14.1. The van der Waals surface area contributed by atoms with Gasteiger partial charge < -0.3 is 9.64 Å². The maximum atomic E-state index is 12.5. The third-order valence-corrected chi connectivity index (χ3v) is 4.49. The van der Waals surface area contributed by atoms with E-state index in [9.17, 15) is 4.79 Å². The van der Waals surface area contributed by atoms with Crippen molar-refractivity contribution in [1.82, 2.24) is 4.90 Å². The lowest BCUT2D eigenvalue weighted by molar-refractivity contribution is 0.0784. The zero-order valence-electron chi connectivity index (χ0n) is 11.8. The molecule has 2 aromatic rings. The van der Waals surface area contributed by atoms with Gasteiger partial charge in [0.1, 0.15) is 5.75 Å². The highest BCUT2D eigenvalue weighted by atomic mass is 127. The first-order valence-electron chi connectivity index (χ1n) is 6.34. The molecule has 0 unspecified atom stereocenters. The summed E-state index contributed by atoms with van der Waals surface area (Å²) >= 11 is 5.59. The SMILES string of the molecule is COc1cccc(CN(C)C(=O)c2cc(Br)ccc2I)c1. The zero-order valence-corrected chi connectivity index (χ0v) is 15.5. The van der Waals surface area contributed by atoms with Gasteiger partial charge in [0, 0.05) is 21.6 Å². The molecule has 0 fully saturated rings. The van der Waals surface area contributed by atoms with Gasteiger partial charge in [0.05, 0.1) is 12.7 Å². The Morgan fingerprint density at radius 3 is 2.76 bits per heavy atom. The number of hydrogen-bond acceptors (Lipinski definition) is 2. The van der Waals surface area contributed by atoms with E-state index >= 15 is 0 Å². The fourth-order valence-electron chi connectivity index (χ4n) is 1.98. The van der Waals surface area contributed by atoms with E-state index in [2.05, 4.69) is 38.5 Å². The van der Waals surface area contributed by atoms with E-state index < -0.39 is 0 Å². The van der Waals surface area contributed by atoms with Gasteiger partial charge in [0.25, 0.3) is 5.91 Å². The van der Waals surface area contributed by atoms with E-state index in [0.29, 0.717) is 12.1 Å². The second-order valence-electron chi connectivity index (χ2n) is 4.64. The summed E-state index contributed by atoms with van der Waals surface area (Å²) in [5, 5.41) is 0. The predicted octanol–water partition coefficient (Wildman–Crippen LogP) is 4.33. The number of methoxy groups -OCH3 is 1. The molecular formula is C16H15BrINO2. The quantitative estimate of drug-likeness (QED) is 0.636. The first-order chi connectivity index (χ1) is 10.0. The number of carbonyl (C=O) groups is 1. The van der Waals surface area contributed by atoms with Crippen LogP contribution in [0.4, 0.5) is 0 Å². The minimum Gasteiger partial charge on any atom is -0.497 e. The van der Waals surface area contributed by atoms with E-state index in [-0.39, 0.29) is 5.91 Å². The van der Waals surface area contributed by atoms with Crippen molar-refractivity contribution in [3.63, 3.8) is 0 Å². The minimum atomic E-state index is 0.00326. The van der Waals surface area contributed by atoms with Crippen molar-refractivity contribution in [2.24, 2.45) is 0 Å². The monoisotopic (exact) mass is 459 g/mol.